The molecule has 1 aromatic heterocycles. The number of pyridine rings is 1. The molecule has 0 bridgehead atoms. The van der Waals surface area contributed by atoms with Gasteiger partial charge in [-0.3, -0.25) is 4.98 Å². The Morgan fingerprint density at radius 1 is 1.26 bits per heavy atom. The number of piperidine rings is 1. The molecule has 1 aliphatic rings. The Morgan fingerprint density at radius 2 is 2.05 bits per heavy atom. The van der Waals surface area contributed by atoms with E-state index >= 15 is 0 Å². The van der Waals surface area contributed by atoms with Crippen molar-refractivity contribution in [2.75, 3.05) is 23.7 Å². The van der Waals surface area contributed by atoms with Crippen LogP contribution in [0.15, 0.2) is 30.6 Å². The predicted molar refractivity (Wildman–Crippen MR) is 81.4 cm³/mol. The van der Waals surface area contributed by atoms with Crippen LogP contribution in [-0.4, -0.2) is 18.1 Å². The van der Waals surface area contributed by atoms with Crippen LogP contribution in [0.1, 0.15) is 26.2 Å². The Labute approximate surface area is 114 Å². The van der Waals surface area contributed by atoms with Crippen LogP contribution in [0.5, 0.6) is 0 Å². The molecule has 0 saturated carbocycles. The van der Waals surface area contributed by atoms with E-state index in [1.54, 1.807) is 0 Å². The van der Waals surface area contributed by atoms with Crippen molar-refractivity contribution in [1.29, 1.82) is 0 Å². The first-order chi connectivity index (χ1) is 9.29. The highest BCUT2D eigenvalue weighted by Crippen LogP contribution is 2.33. The number of hydrogen-bond acceptors (Lipinski definition) is 3. The first-order valence-electron chi connectivity index (χ1n) is 7.16. The molecular formula is C16H21N3. The van der Waals surface area contributed by atoms with E-state index in [-0.39, 0.29) is 0 Å². The summed E-state index contributed by atoms with van der Waals surface area (Å²) >= 11 is 0. The zero-order chi connectivity index (χ0) is 13.2. The molecule has 3 heteroatoms. The molecule has 0 atom stereocenters. The van der Waals surface area contributed by atoms with Gasteiger partial charge in [0.05, 0.1) is 11.4 Å². The summed E-state index contributed by atoms with van der Waals surface area (Å²) in [5, 5.41) is 2.23. The van der Waals surface area contributed by atoms with E-state index in [0.29, 0.717) is 0 Å². The van der Waals surface area contributed by atoms with Crippen LogP contribution in [0.3, 0.4) is 0 Å². The van der Waals surface area contributed by atoms with Gasteiger partial charge in [-0.05, 0) is 30.9 Å². The average molecular weight is 255 g/mol. The fraction of sp³-hybridized carbons (Fsp3) is 0.438. The second-order valence-corrected chi connectivity index (χ2v) is 5.43. The fourth-order valence-corrected chi connectivity index (χ4v) is 3.04. The van der Waals surface area contributed by atoms with Crippen molar-refractivity contribution in [2.24, 2.45) is 5.92 Å². The maximum atomic E-state index is 6.35. The molecule has 1 aromatic carbocycles. The molecule has 1 saturated heterocycles. The fourth-order valence-electron chi connectivity index (χ4n) is 3.04. The van der Waals surface area contributed by atoms with E-state index in [1.165, 1.54) is 24.9 Å². The highest BCUT2D eigenvalue weighted by atomic mass is 15.1. The topological polar surface area (TPSA) is 42.2 Å². The molecule has 2 N–H and O–H groups in total. The first kappa shape index (κ1) is 12.3. The van der Waals surface area contributed by atoms with E-state index in [1.807, 2.05) is 18.5 Å². The minimum Gasteiger partial charge on any atom is -0.397 e. The number of aromatic nitrogens is 1. The lowest BCUT2D eigenvalue weighted by Gasteiger charge is -2.34. The number of anilines is 2. The molecule has 2 heterocycles. The summed E-state index contributed by atoms with van der Waals surface area (Å²) in [6.45, 7) is 4.54. The van der Waals surface area contributed by atoms with Gasteiger partial charge in [0.2, 0.25) is 0 Å². The van der Waals surface area contributed by atoms with Crippen molar-refractivity contribution in [3.05, 3.63) is 30.6 Å². The van der Waals surface area contributed by atoms with Gasteiger partial charge in [0, 0.05) is 36.3 Å². The SMILES string of the molecule is CCC1CCN(c2ccc3cnccc3c2N)CC1. The van der Waals surface area contributed by atoms with Gasteiger partial charge in [0.15, 0.2) is 0 Å². The molecular weight excluding hydrogens is 234 g/mol. The lowest BCUT2D eigenvalue weighted by Crippen LogP contribution is -2.33. The number of fused-ring (bicyclic) bond motifs is 1. The summed E-state index contributed by atoms with van der Waals surface area (Å²) in [6, 6.07) is 6.28. The lowest BCUT2D eigenvalue weighted by atomic mass is 9.94. The minimum absolute atomic E-state index is 0.891. The van der Waals surface area contributed by atoms with E-state index < -0.39 is 0 Å². The van der Waals surface area contributed by atoms with E-state index in [9.17, 15) is 0 Å². The molecule has 2 aromatic rings. The zero-order valence-electron chi connectivity index (χ0n) is 11.5. The van der Waals surface area contributed by atoms with Crippen molar-refractivity contribution in [1.82, 2.24) is 4.98 Å². The molecule has 3 rings (SSSR count). The monoisotopic (exact) mass is 255 g/mol. The average Bonchev–Trinajstić information content (AvgIpc) is 2.48. The Balaban J connectivity index is 1.91. The van der Waals surface area contributed by atoms with Gasteiger partial charge in [0.25, 0.3) is 0 Å². The zero-order valence-corrected chi connectivity index (χ0v) is 11.5. The van der Waals surface area contributed by atoms with E-state index in [4.69, 9.17) is 5.73 Å². The Morgan fingerprint density at radius 3 is 2.79 bits per heavy atom. The van der Waals surface area contributed by atoms with Crippen LogP contribution in [0.2, 0.25) is 0 Å². The number of nitrogens with zero attached hydrogens (tertiary/aromatic N) is 2. The van der Waals surface area contributed by atoms with Gasteiger partial charge in [-0.1, -0.05) is 19.4 Å². The minimum atomic E-state index is 0.891. The molecule has 0 aliphatic carbocycles. The van der Waals surface area contributed by atoms with Crippen molar-refractivity contribution in [3.8, 4) is 0 Å². The maximum absolute atomic E-state index is 6.35. The lowest BCUT2D eigenvalue weighted by molar-refractivity contribution is 0.395. The predicted octanol–water partition coefficient (Wildman–Crippen LogP) is 3.44. The van der Waals surface area contributed by atoms with Crippen LogP contribution < -0.4 is 10.6 Å². The Bertz CT molecular complexity index is 571. The Hall–Kier alpha value is -1.77. The molecule has 100 valence electrons. The van der Waals surface area contributed by atoms with E-state index in [0.717, 1.165) is 35.5 Å². The molecule has 0 amide bonds. The van der Waals surface area contributed by atoms with E-state index in [2.05, 4.69) is 28.9 Å². The second kappa shape index (κ2) is 5.08. The number of hydrogen-bond donors (Lipinski definition) is 1. The van der Waals surface area contributed by atoms with Crippen LogP contribution in [0, 0.1) is 5.92 Å². The highest BCUT2D eigenvalue weighted by Gasteiger charge is 2.19. The van der Waals surface area contributed by atoms with Crippen LogP contribution in [0.25, 0.3) is 10.8 Å². The van der Waals surface area contributed by atoms with Crippen molar-refractivity contribution >= 4 is 22.1 Å². The van der Waals surface area contributed by atoms with Gasteiger partial charge in [0.1, 0.15) is 0 Å². The summed E-state index contributed by atoms with van der Waals surface area (Å²) in [4.78, 5) is 6.58. The van der Waals surface area contributed by atoms with Crippen LogP contribution in [0.4, 0.5) is 11.4 Å². The van der Waals surface area contributed by atoms with Gasteiger partial charge >= 0.3 is 0 Å². The maximum Gasteiger partial charge on any atom is 0.0632 e. The van der Waals surface area contributed by atoms with Crippen LogP contribution >= 0.6 is 0 Å². The molecule has 0 unspecified atom stereocenters. The summed E-state index contributed by atoms with van der Waals surface area (Å²) in [5.74, 6) is 0.891. The smallest absolute Gasteiger partial charge is 0.0632 e. The van der Waals surface area contributed by atoms with Crippen molar-refractivity contribution in [3.63, 3.8) is 0 Å². The number of rotatable bonds is 2. The molecule has 3 nitrogen and oxygen atoms in total. The van der Waals surface area contributed by atoms with Gasteiger partial charge in [-0.2, -0.15) is 0 Å². The molecule has 1 aliphatic heterocycles. The summed E-state index contributed by atoms with van der Waals surface area (Å²) in [6.07, 6.45) is 7.55. The number of nitrogens with two attached hydrogens (primary N) is 1. The van der Waals surface area contributed by atoms with Gasteiger partial charge in [-0.15, -0.1) is 0 Å². The Kier molecular flexibility index (Phi) is 3.28. The van der Waals surface area contributed by atoms with Crippen molar-refractivity contribution < 1.29 is 0 Å². The standard InChI is InChI=1S/C16H21N3/c1-2-12-6-9-19(10-7-12)15-4-3-13-11-18-8-5-14(13)16(15)17/h3-5,8,11-12H,2,6-7,9-10,17H2,1H3. The van der Waals surface area contributed by atoms with Gasteiger partial charge < -0.3 is 10.6 Å². The number of benzene rings is 1. The summed E-state index contributed by atoms with van der Waals surface area (Å²) in [5.41, 5.74) is 8.43. The van der Waals surface area contributed by atoms with Crippen LogP contribution in [-0.2, 0) is 0 Å². The third kappa shape index (κ3) is 2.25. The largest absolute Gasteiger partial charge is 0.397 e. The summed E-state index contributed by atoms with van der Waals surface area (Å²) < 4.78 is 0. The number of nitrogen functional groups attached to an aromatic ring is 1. The highest BCUT2D eigenvalue weighted by molar-refractivity contribution is 5.98. The normalized spacial score (nSPS) is 17.0. The third-order valence-electron chi connectivity index (χ3n) is 4.37. The van der Waals surface area contributed by atoms with Gasteiger partial charge in [-0.25, -0.2) is 0 Å². The molecule has 0 spiro atoms. The van der Waals surface area contributed by atoms with Crippen molar-refractivity contribution in [2.45, 2.75) is 26.2 Å². The first-order valence-corrected chi connectivity index (χ1v) is 7.16. The second-order valence-electron chi connectivity index (χ2n) is 5.43. The third-order valence-corrected chi connectivity index (χ3v) is 4.37. The quantitative estimate of drug-likeness (QED) is 0.836. The molecule has 19 heavy (non-hydrogen) atoms. The summed E-state index contributed by atoms with van der Waals surface area (Å²) in [7, 11) is 0. The molecule has 1 fully saturated rings. The molecule has 0 radical (unpaired) electrons.